The van der Waals surface area contributed by atoms with Gasteiger partial charge in [-0.3, -0.25) is 0 Å². The Morgan fingerprint density at radius 3 is 2.83 bits per heavy atom. The highest BCUT2D eigenvalue weighted by Gasteiger charge is 2.17. The summed E-state index contributed by atoms with van der Waals surface area (Å²) in [5.41, 5.74) is 11.9. The maximum atomic E-state index is 5.87. The van der Waals surface area contributed by atoms with Crippen molar-refractivity contribution in [1.82, 2.24) is 14.9 Å². The molecule has 122 valence electrons. The number of likely N-dealkylation sites (N-methyl/N-ethyl adjacent to an activating group) is 1. The molecule has 0 radical (unpaired) electrons. The lowest BCUT2D eigenvalue weighted by atomic mass is 9.92. The third-order valence-corrected chi connectivity index (χ3v) is 4.16. The fraction of sp³-hybridized carbons (Fsp3) is 0.444. The first-order chi connectivity index (χ1) is 10.9. The van der Waals surface area contributed by atoms with Crippen molar-refractivity contribution in [2.75, 3.05) is 19.3 Å². The van der Waals surface area contributed by atoms with E-state index in [1.165, 1.54) is 16.7 Å². The summed E-state index contributed by atoms with van der Waals surface area (Å²) in [5.74, 6) is 0.738. The van der Waals surface area contributed by atoms with E-state index >= 15 is 0 Å². The van der Waals surface area contributed by atoms with E-state index in [4.69, 9.17) is 10.5 Å². The topological polar surface area (TPSA) is 64.3 Å². The number of nitrogens with two attached hydrogens (primary N) is 1. The molecule has 1 aromatic heterocycles. The van der Waals surface area contributed by atoms with Crippen molar-refractivity contribution in [3.05, 3.63) is 35.0 Å². The van der Waals surface area contributed by atoms with Crippen LogP contribution in [0.25, 0.3) is 11.3 Å². The maximum absolute atomic E-state index is 5.87. The number of benzene rings is 1. The van der Waals surface area contributed by atoms with Crippen LogP contribution in [-0.4, -0.2) is 34.6 Å². The Morgan fingerprint density at radius 2 is 2.09 bits per heavy atom. The van der Waals surface area contributed by atoms with Crippen LogP contribution in [-0.2, 0) is 13.0 Å². The van der Waals surface area contributed by atoms with Gasteiger partial charge in [-0.25, -0.2) is 9.97 Å². The van der Waals surface area contributed by atoms with Gasteiger partial charge in [0.05, 0.1) is 18.0 Å². The molecule has 0 bridgehead atoms. The SMILES string of the molecule is Cc1cc(-c2cnc(N)c(OC(C)C)n2)cc2c1CCN(C)C2. The van der Waals surface area contributed by atoms with Gasteiger partial charge in [-0.1, -0.05) is 0 Å². The van der Waals surface area contributed by atoms with Crippen LogP contribution >= 0.6 is 0 Å². The van der Waals surface area contributed by atoms with Gasteiger partial charge in [0, 0.05) is 18.7 Å². The number of rotatable bonds is 3. The van der Waals surface area contributed by atoms with Gasteiger partial charge in [0.25, 0.3) is 5.88 Å². The third-order valence-electron chi connectivity index (χ3n) is 4.16. The van der Waals surface area contributed by atoms with Crippen LogP contribution in [0.2, 0.25) is 0 Å². The van der Waals surface area contributed by atoms with E-state index in [9.17, 15) is 0 Å². The van der Waals surface area contributed by atoms with Gasteiger partial charge >= 0.3 is 0 Å². The highest BCUT2D eigenvalue weighted by Crippen LogP contribution is 2.29. The number of ether oxygens (including phenoxy) is 1. The quantitative estimate of drug-likeness (QED) is 0.944. The molecule has 0 saturated heterocycles. The molecule has 0 spiro atoms. The average Bonchev–Trinajstić information content (AvgIpc) is 2.48. The zero-order valence-corrected chi connectivity index (χ0v) is 14.3. The Bertz CT molecular complexity index is 727. The largest absolute Gasteiger partial charge is 0.472 e. The molecule has 1 aromatic carbocycles. The number of nitrogen functional groups attached to an aromatic ring is 1. The van der Waals surface area contributed by atoms with Crippen molar-refractivity contribution in [3.63, 3.8) is 0 Å². The Morgan fingerprint density at radius 1 is 1.30 bits per heavy atom. The molecule has 0 unspecified atom stereocenters. The van der Waals surface area contributed by atoms with Gasteiger partial charge in [-0.05, 0) is 63.1 Å². The molecule has 0 fully saturated rings. The molecule has 0 amide bonds. The first-order valence-corrected chi connectivity index (χ1v) is 8.04. The summed E-state index contributed by atoms with van der Waals surface area (Å²) in [4.78, 5) is 11.2. The molecular formula is C18H24N4O. The fourth-order valence-corrected chi connectivity index (χ4v) is 3.04. The summed E-state index contributed by atoms with van der Waals surface area (Å²) in [6.45, 7) is 8.16. The molecule has 2 N–H and O–H groups in total. The van der Waals surface area contributed by atoms with Gasteiger partial charge in [-0.2, -0.15) is 0 Å². The van der Waals surface area contributed by atoms with E-state index in [2.05, 4.69) is 41.0 Å². The molecule has 5 nitrogen and oxygen atoms in total. The number of nitrogens with zero attached hydrogens (tertiary/aromatic N) is 3. The van der Waals surface area contributed by atoms with Crippen molar-refractivity contribution < 1.29 is 4.74 Å². The lowest BCUT2D eigenvalue weighted by Gasteiger charge is -2.27. The Balaban J connectivity index is 2.02. The Kier molecular flexibility index (Phi) is 4.22. The van der Waals surface area contributed by atoms with Crippen LogP contribution in [0.4, 0.5) is 5.82 Å². The smallest absolute Gasteiger partial charge is 0.258 e. The normalized spacial score (nSPS) is 14.8. The van der Waals surface area contributed by atoms with Gasteiger partial charge in [0.15, 0.2) is 5.82 Å². The summed E-state index contributed by atoms with van der Waals surface area (Å²) in [5, 5.41) is 0. The minimum absolute atomic E-state index is 0.0146. The van der Waals surface area contributed by atoms with E-state index < -0.39 is 0 Å². The van der Waals surface area contributed by atoms with E-state index in [1.54, 1.807) is 6.20 Å². The first-order valence-electron chi connectivity index (χ1n) is 8.04. The lowest BCUT2D eigenvalue weighted by molar-refractivity contribution is 0.233. The van der Waals surface area contributed by atoms with E-state index in [-0.39, 0.29) is 6.10 Å². The van der Waals surface area contributed by atoms with Gasteiger partial charge in [-0.15, -0.1) is 0 Å². The summed E-state index contributed by atoms with van der Waals surface area (Å²) >= 11 is 0. The second-order valence-electron chi connectivity index (χ2n) is 6.53. The van der Waals surface area contributed by atoms with E-state index in [0.717, 1.165) is 30.8 Å². The van der Waals surface area contributed by atoms with Crippen LogP contribution in [0.3, 0.4) is 0 Å². The van der Waals surface area contributed by atoms with Crippen molar-refractivity contribution in [2.24, 2.45) is 0 Å². The molecule has 0 atom stereocenters. The van der Waals surface area contributed by atoms with Gasteiger partial charge in [0.2, 0.25) is 0 Å². The predicted molar refractivity (Wildman–Crippen MR) is 92.4 cm³/mol. The lowest BCUT2D eigenvalue weighted by Crippen LogP contribution is -2.27. The molecule has 23 heavy (non-hydrogen) atoms. The average molecular weight is 312 g/mol. The standard InChI is InChI=1S/C18H24N4O/c1-11(2)23-18-17(19)20-9-16(21-18)13-7-12(3)15-5-6-22(4)10-14(15)8-13/h7-9,11H,5-6,10H2,1-4H3,(H2,19,20). The predicted octanol–water partition coefficient (Wildman–Crippen LogP) is 2.81. The number of hydrogen-bond donors (Lipinski definition) is 1. The molecule has 5 heteroatoms. The zero-order valence-electron chi connectivity index (χ0n) is 14.3. The maximum Gasteiger partial charge on any atom is 0.258 e. The number of hydrogen-bond acceptors (Lipinski definition) is 5. The number of aryl methyl sites for hydroxylation is 1. The molecule has 2 heterocycles. The van der Waals surface area contributed by atoms with Crippen LogP contribution in [0.1, 0.15) is 30.5 Å². The van der Waals surface area contributed by atoms with Gasteiger partial charge in [0.1, 0.15) is 0 Å². The summed E-state index contributed by atoms with van der Waals surface area (Å²) in [7, 11) is 2.16. The summed E-state index contributed by atoms with van der Waals surface area (Å²) < 4.78 is 5.66. The number of aromatic nitrogens is 2. The molecule has 1 aliphatic rings. The van der Waals surface area contributed by atoms with Crippen molar-refractivity contribution in [2.45, 2.75) is 39.8 Å². The van der Waals surface area contributed by atoms with Crippen molar-refractivity contribution in [1.29, 1.82) is 0 Å². The number of anilines is 1. The molecule has 2 aromatic rings. The summed E-state index contributed by atoms with van der Waals surface area (Å²) in [6, 6.07) is 4.40. The van der Waals surface area contributed by atoms with Crippen molar-refractivity contribution in [3.8, 4) is 17.1 Å². The first kappa shape index (κ1) is 15.7. The molecule has 1 aliphatic heterocycles. The minimum Gasteiger partial charge on any atom is -0.472 e. The van der Waals surface area contributed by atoms with Crippen LogP contribution < -0.4 is 10.5 Å². The van der Waals surface area contributed by atoms with Crippen LogP contribution in [0.15, 0.2) is 18.3 Å². The molecule has 3 rings (SSSR count). The van der Waals surface area contributed by atoms with E-state index in [1.807, 2.05) is 13.8 Å². The second-order valence-corrected chi connectivity index (χ2v) is 6.53. The van der Waals surface area contributed by atoms with Crippen molar-refractivity contribution >= 4 is 5.82 Å². The van der Waals surface area contributed by atoms with E-state index in [0.29, 0.717) is 11.7 Å². The summed E-state index contributed by atoms with van der Waals surface area (Å²) in [6.07, 6.45) is 2.84. The van der Waals surface area contributed by atoms with Crippen LogP contribution in [0.5, 0.6) is 5.88 Å². The Hall–Kier alpha value is -2.14. The highest BCUT2D eigenvalue weighted by atomic mass is 16.5. The monoisotopic (exact) mass is 312 g/mol. The minimum atomic E-state index is 0.0146. The third kappa shape index (κ3) is 3.29. The molecular weight excluding hydrogens is 288 g/mol. The zero-order chi connectivity index (χ0) is 16.6. The number of fused-ring (bicyclic) bond motifs is 1. The highest BCUT2D eigenvalue weighted by molar-refractivity contribution is 5.64. The fourth-order valence-electron chi connectivity index (χ4n) is 3.04. The second kappa shape index (κ2) is 6.16. The molecule has 0 saturated carbocycles. The Labute approximate surface area is 137 Å². The van der Waals surface area contributed by atoms with Crippen LogP contribution in [0, 0.1) is 6.92 Å². The molecule has 0 aliphatic carbocycles. The van der Waals surface area contributed by atoms with Gasteiger partial charge < -0.3 is 15.4 Å².